The number of benzene rings is 1. The Kier molecular flexibility index (Phi) is 5.31. The summed E-state index contributed by atoms with van der Waals surface area (Å²) in [6.07, 6.45) is 0. The van der Waals surface area contributed by atoms with Crippen LogP contribution in [0, 0.1) is 0 Å². The molecule has 1 aromatic carbocycles. The molecule has 0 saturated carbocycles. The monoisotopic (exact) mass is 261 g/mol. The van der Waals surface area contributed by atoms with Crippen LogP contribution in [0.25, 0.3) is 0 Å². The van der Waals surface area contributed by atoms with Gasteiger partial charge in [-0.1, -0.05) is 6.07 Å². The molecule has 0 radical (unpaired) electrons. The Labute approximate surface area is 102 Å². The first kappa shape index (κ1) is 14.2. The van der Waals surface area contributed by atoms with Crippen LogP contribution in [0.2, 0.25) is 0 Å². The van der Waals surface area contributed by atoms with Gasteiger partial charge >= 0.3 is 12.6 Å². The number of carboxylic acids is 1. The minimum Gasteiger partial charge on any atom is -0.493 e. The lowest BCUT2D eigenvalue weighted by atomic mass is 10.2. The molecule has 0 bridgehead atoms. The molecule has 0 aliphatic heterocycles. The third-order valence-corrected chi connectivity index (χ3v) is 2.05. The molecule has 0 heterocycles. The van der Waals surface area contributed by atoms with Gasteiger partial charge in [0.15, 0.2) is 11.5 Å². The lowest BCUT2D eigenvalue weighted by molar-refractivity contribution is -0.136. The van der Waals surface area contributed by atoms with Crippen molar-refractivity contribution in [3.8, 4) is 11.5 Å². The van der Waals surface area contributed by atoms with Crippen molar-refractivity contribution < 1.29 is 28.2 Å². The molecule has 0 spiro atoms. The van der Waals surface area contributed by atoms with Crippen molar-refractivity contribution in [1.82, 2.24) is 5.32 Å². The molecule has 0 aliphatic carbocycles. The van der Waals surface area contributed by atoms with Gasteiger partial charge in [-0.3, -0.25) is 4.79 Å². The van der Waals surface area contributed by atoms with Crippen LogP contribution >= 0.6 is 0 Å². The lowest BCUT2D eigenvalue weighted by Crippen LogP contribution is -2.21. The number of carbonyl (C=O) groups is 1. The zero-order valence-electron chi connectivity index (χ0n) is 9.65. The molecule has 2 N–H and O–H groups in total. The van der Waals surface area contributed by atoms with Crippen LogP contribution in [0.15, 0.2) is 18.2 Å². The first-order valence-corrected chi connectivity index (χ1v) is 5.07. The summed E-state index contributed by atoms with van der Waals surface area (Å²) in [5, 5.41) is 11.1. The molecule has 0 aliphatic rings. The van der Waals surface area contributed by atoms with Crippen LogP contribution in [0.3, 0.4) is 0 Å². The summed E-state index contributed by atoms with van der Waals surface area (Å²) in [5.41, 5.74) is 0.703. The van der Waals surface area contributed by atoms with Crippen molar-refractivity contribution in [2.45, 2.75) is 13.2 Å². The van der Waals surface area contributed by atoms with E-state index in [9.17, 15) is 13.6 Å². The molecular weight excluding hydrogens is 248 g/mol. The smallest absolute Gasteiger partial charge is 0.387 e. The fourth-order valence-corrected chi connectivity index (χ4v) is 1.33. The second-order valence-corrected chi connectivity index (χ2v) is 3.36. The average molecular weight is 261 g/mol. The number of hydrogen-bond donors (Lipinski definition) is 2. The van der Waals surface area contributed by atoms with Crippen molar-refractivity contribution in [3.63, 3.8) is 0 Å². The number of aliphatic carboxylic acids is 1. The van der Waals surface area contributed by atoms with Crippen LogP contribution in [0.5, 0.6) is 11.5 Å². The van der Waals surface area contributed by atoms with Crippen molar-refractivity contribution in [2.75, 3.05) is 13.7 Å². The van der Waals surface area contributed by atoms with Crippen LogP contribution in [0.4, 0.5) is 8.78 Å². The predicted octanol–water partition coefficient (Wildman–Crippen LogP) is 1.47. The highest BCUT2D eigenvalue weighted by atomic mass is 19.3. The normalized spacial score (nSPS) is 10.4. The van der Waals surface area contributed by atoms with Crippen molar-refractivity contribution in [2.24, 2.45) is 0 Å². The summed E-state index contributed by atoms with van der Waals surface area (Å²) in [7, 11) is 1.34. The molecule has 5 nitrogen and oxygen atoms in total. The molecule has 0 amide bonds. The van der Waals surface area contributed by atoms with E-state index in [0.717, 1.165) is 0 Å². The highest BCUT2D eigenvalue weighted by Gasteiger charge is 2.10. The number of alkyl halides is 2. The van der Waals surface area contributed by atoms with Crippen LogP contribution in [-0.2, 0) is 11.3 Å². The highest BCUT2D eigenvalue weighted by molar-refractivity contribution is 5.69. The Bertz CT molecular complexity index is 412. The summed E-state index contributed by atoms with van der Waals surface area (Å²) < 4.78 is 33.3. The molecule has 0 fully saturated rings. The standard InChI is InChI=1S/C11H13F2NO4/c1-17-9-4-7(5-14-6-10(15)16)2-3-8(9)18-11(12)13/h2-4,11,14H,5-6H2,1H3,(H,15,16). The number of hydrogen-bond acceptors (Lipinski definition) is 4. The SMILES string of the molecule is COc1cc(CNCC(=O)O)ccc1OC(F)F. The van der Waals surface area contributed by atoms with Gasteiger partial charge in [0.1, 0.15) is 0 Å². The van der Waals surface area contributed by atoms with Gasteiger partial charge in [-0.2, -0.15) is 8.78 Å². The van der Waals surface area contributed by atoms with E-state index in [0.29, 0.717) is 5.56 Å². The van der Waals surface area contributed by atoms with E-state index < -0.39 is 12.6 Å². The first-order valence-electron chi connectivity index (χ1n) is 5.07. The maximum Gasteiger partial charge on any atom is 0.387 e. The van der Waals surface area contributed by atoms with Crippen molar-refractivity contribution >= 4 is 5.97 Å². The maximum atomic E-state index is 12.1. The van der Waals surface area contributed by atoms with Gasteiger partial charge in [-0.15, -0.1) is 0 Å². The summed E-state index contributed by atoms with van der Waals surface area (Å²) in [4.78, 5) is 10.3. The number of halogens is 2. The molecule has 1 aromatic rings. The summed E-state index contributed by atoms with van der Waals surface area (Å²) in [6, 6.07) is 4.41. The molecule has 18 heavy (non-hydrogen) atoms. The van der Waals surface area contributed by atoms with Crippen molar-refractivity contribution in [3.05, 3.63) is 23.8 Å². The molecule has 1 rings (SSSR count). The van der Waals surface area contributed by atoms with Crippen LogP contribution in [-0.4, -0.2) is 31.3 Å². The molecule has 0 saturated heterocycles. The Morgan fingerprint density at radius 3 is 2.72 bits per heavy atom. The molecule has 100 valence electrons. The van der Waals surface area contributed by atoms with E-state index in [2.05, 4.69) is 10.1 Å². The lowest BCUT2D eigenvalue weighted by Gasteiger charge is -2.11. The highest BCUT2D eigenvalue weighted by Crippen LogP contribution is 2.29. The molecule has 7 heteroatoms. The Morgan fingerprint density at radius 2 is 2.17 bits per heavy atom. The quantitative estimate of drug-likeness (QED) is 0.778. The van der Waals surface area contributed by atoms with Gasteiger partial charge in [0.25, 0.3) is 0 Å². The number of nitrogens with one attached hydrogen (secondary N) is 1. The zero-order chi connectivity index (χ0) is 13.5. The van der Waals surface area contributed by atoms with E-state index in [4.69, 9.17) is 9.84 Å². The minimum absolute atomic E-state index is 0.0607. The number of ether oxygens (including phenoxy) is 2. The Hall–Kier alpha value is -1.89. The van der Waals surface area contributed by atoms with Gasteiger partial charge in [-0.25, -0.2) is 0 Å². The zero-order valence-corrected chi connectivity index (χ0v) is 9.65. The van der Waals surface area contributed by atoms with Gasteiger partial charge in [0.05, 0.1) is 13.7 Å². The number of methoxy groups -OCH3 is 1. The van der Waals surface area contributed by atoms with E-state index in [1.165, 1.54) is 19.2 Å². The van der Waals surface area contributed by atoms with E-state index in [1.807, 2.05) is 0 Å². The predicted molar refractivity (Wildman–Crippen MR) is 59.0 cm³/mol. The topological polar surface area (TPSA) is 67.8 Å². The fourth-order valence-electron chi connectivity index (χ4n) is 1.33. The third-order valence-electron chi connectivity index (χ3n) is 2.05. The minimum atomic E-state index is -2.92. The Morgan fingerprint density at radius 1 is 1.44 bits per heavy atom. The second kappa shape index (κ2) is 6.75. The van der Waals surface area contributed by atoms with E-state index in [1.54, 1.807) is 6.07 Å². The Balaban J connectivity index is 2.69. The molecule has 0 atom stereocenters. The molecule has 0 aromatic heterocycles. The largest absolute Gasteiger partial charge is 0.493 e. The van der Waals surface area contributed by atoms with E-state index >= 15 is 0 Å². The number of carboxylic acid groups (broad SMARTS) is 1. The number of rotatable bonds is 7. The maximum absolute atomic E-state index is 12.1. The van der Waals surface area contributed by atoms with Crippen LogP contribution < -0.4 is 14.8 Å². The first-order chi connectivity index (χ1) is 8.52. The van der Waals surface area contributed by atoms with Crippen LogP contribution in [0.1, 0.15) is 5.56 Å². The summed E-state index contributed by atoms with van der Waals surface area (Å²) in [5.74, 6) is -0.862. The molecular formula is C11H13F2NO4. The molecule has 0 unspecified atom stereocenters. The van der Waals surface area contributed by atoms with Gasteiger partial charge in [0.2, 0.25) is 0 Å². The van der Waals surface area contributed by atoms with Gasteiger partial charge in [0, 0.05) is 6.54 Å². The average Bonchev–Trinajstić information content (AvgIpc) is 2.29. The fraction of sp³-hybridized carbons (Fsp3) is 0.364. The van der Waals surface area contributed by atoms with Gasteiger partial charge in [-0.05, 0) is 17.7 Å². The summed E-state index contributed by atoms with van der Waals surface area (Å²) >= 11 is 0. The van der Waals surface area contributed by atoms with E-state index in [-0.39, 0.29) is 24.6 Å². The van der Waals surface area contributed by atoms with Crippen molar-refractivity contribution in [1.29, 1.82) is 0 Å². The summed E-state index contributed by atoms with van der Waals surface area (Å²) in [6.45, 7) is -2.82. The third kappa shape index (κ3) is 4.54. The second-order valence-electron chi connectivity index (χ2n) is 3.36. The van der Waals surface area contributed by atoms with Gasteiger partial charge < -0.3 is 19.9 Å².